The number of alkyl halides is 3. The SMILES string of the molecule is O=C(COC(=O)c1ccc2ccccc2c1)Nc1c(Cl)cccc1C(F)(F)F. The summed E-state index contributed by atoms with van der Waals surface area (Å²) in [6.07, 6.45) is -4.70. The van der Waals surface area contributed by atoms with E-state index in [-0.39, 0.29) is 10.6 Å². The highest BCUT2D eigenvalue weighted by atomic mass is 35.5. The summed E-state index contributed by atoms with van der Waals surface area (Å²) in [5, 5.41) is 3.52. The number of carbonyl (C=O) groups is 2. The number of benzene rings is 3. The van der Waals surface area contributed by atoms with Crippen molar-refractivity contribution in [1.29, 1.82) is 0 Å². The van der Waals surface area contributed by atoms with Gasteiger partial charge in [-0.15, -0.1) is 0 Å². The van der Waals surface area contributed by atoms with Gasteiger partial charge in [-0.2, -0.15) is 13.2 Å². The van der Waals surface area contributed by atoms with Crippen molar-refractivity contribution in [2.45, 2.75) is 6.18 Å². The van der Waals surface area contributed by atoms with E-state index in [0.29, 0.717) is 0 Å². The summed E-state index contributed by atoms with van der Waals surface area (Å²) in [7, 11) is 0. The zero-order chi connectivity index (χ0) is 20.3. The third kappa shape index (κ3) is 4.43. The van der Waals surface area contributed by atoms with Gasteiger partial charge < -0.3 is 10.1 Å². The fourth-order valence-corrected chi connectivity index (χ4v) is 2.82. The zero-order valence-electron chi connectivity index (χ0n) is 14.2. The summed E-state index contributed by atoms with van der Waals surface area (Å²) in [6, 6.07) is 15.4. The molecule has 0 radical (unpaired) electrons. The lowest BCUT2D eigenvalue weighted by molar-refractivity contribution is -0.137. The number of rotatable bonds is 4. The van der Waals surface area contributed by atoms with Crippen molar-refractivity contribution >= 4 is 39.9 Å². The molecule has 0 heterocycles. The molecular weight excluding hydrogens is 395 g/mol. The Morgan fingerprint density at radius 1 is 0.964 bits per heavy atom. The molecule has 28 heavy (non-hydrogen) atoms. The van der Waals surface area contributed by atoms with Crippen molar-refractivity contribution in [3.8, 4) is 0 Å². The minimum Gasteiger partial charge on any atom is -0.452 e. The average Bonchev–Trinajstić information content (AvgIpc) is 2.66. The van der Waals surface area contributed by atoms with Crippen molar-refractivity contribution in [3.05, 3.63) is 76.8 Å². The van der Waals surface area contributed by atoms with E-state index in [1.165, 1.54) is 6.07 Å². The first-order chi connectivity index (χ1) is 13.3. The highest BCUT2D eigenvalue weighted by Gasteiger charge is 2.34. The summed E-state index contributed by atoms with van der Waals surface area (Å²) in [4.78, 5) is 24.1. The normalized spacial score (nSPS) is 11.3. The Morgan fingerprint density at radius 2 is 1.68 bits per heavy atom. The number of nitrogens with one attached hydrogen (secondary N) is 1. The topological polar surface area (TPSA) is 55.4 Å². The molecule has 8 heteroatoms. The van der Waals surface area contributed by atoms with Gasteiger partial charge in [0, 0.05) is 0 Å². The van der Waals surface area contributed by atoms with E-state index in [1.54, 1.807) is 18.2 Å². The van der Waals surface area contributed by atoms with Gasteiger partial charge in [-0.25, -0.2) is 4.79 Å². The van der Waals surface area contributed by atoms with Crippen molar-refractivity contribution in [2.24, 2.45) is 0 Å². The monoisotopic (exact) mass is 407 g/mol. The molecule has 1 N–H and O–H groups in total. The van der Waals surface area contributed by atoms with Crippen LogP contribution in [0.15, 0.2) is 60.7 Å². The Kier molecular flexibility index (Phi) is 5.56. The molecule has 0 aromatic heterocycles. The van der Waals surface area contributed by atoms with Crippen molar-refractivity contribution in [1.82, 2.24) is 0 Å². The van der Waals surface area contributed by atoms with Crippen LogP contribution in [0.5, 0.6) is 0 Å². The second-order valence-electron chi connectivity index (χ2n) is 5.85. The summed E-state index contributed by atoms with van der Waals surface area (Å²) in [5.41, 5.74) is -1.45. The van der Waals surface area contributed by atoms with Crippen LogP contribution in [0.4, 0.5) is 18.9 Å². The van der Waals surface area contributed by atoms with Gasteiger partial charge in [0.15, 0.2) is 6.61 Å². The number of esters is 1. The Morgan fingerprint density at radius 3 is 2.39 bits per heavy atom. The highest BCUT2D eigenvalue weighted by Crippen LogP contribution is 2.38. The van der Waals surface area contributed by atoms with E-state index in [1.807, 2.05) is 24.3 Å². The Balaban J connectivity index is 1.68. The molecule has 0 aliphatic carbocycles. The summed E-state index contributed by atoms with van der Waals surface area (Å²) in [6.45, 7) is -0.756. The van der Waals surface area contributed by atoms with Crippen LogP contribution in [0, 0.1) is 0 Å². The second-order valence-corrected chi connectivity index (χ2v) is 6.25. The quantitative estimate of drug-likeness (QED) is 0.596. The third-order valence-corrected chi connectivity index (χ3v) is 4.22. The van der Waals surface area contributed by atoms with Gasteiger partial charge in [0.05, 0.1) is 21.8 Å². The van der Waals surface area contributed by atoms with E-state index in [0.717, 1.165) is 22.9 Å². The van der Waals surface area contributed by atoms with Crippen LogP contribution in [0.1, 0.15) is 15.9 Å². The molecule has 0 saturated heterocycles. The van der Waals surface area contributed by atoms with Crippen LogP contribution in [0.25, 0.3) is 10.8 Å². The lowest BCUT2D eigenvalue weighted by atomic mass is 10.1. The lowest BCUT2D eigenvalue weighted by Crippen LogP contribution is -2.23. The summed E-state index contributed by atoms with van der Waals surface area (Å²) >= 11 is 5.77. The third-order valence-electron chi connectivity index (χ3n) is 3.90. The Hall–Kier alpha value is -3.06. The molecule has 0 bridgehead atoms. The van der Waals surface area contributed by atoms with E-state index < -0.39 is 35.9 Å². The van der Waals surface area contributed by atoms with Crippen molar-refractivity contribution in [2.75, 3.05) is 11.9 Å². The number of carbonyl (C=O) groups excluding carboxylic acids is 2. The highest BCUT2D eigenvalue weighted by molar-refractivity contribution is 6.34. The maximum absolute atomic E-state index is 13.0. The maximum atomic E-state index is 13.0. The van der Waals surface area contributed by atoms with E-state index in [2.05, 4.69) is 5.32 Å². The van der Waals surface area contributed by atoms with Gasteiger partial charge in [0.2, 0.25) is 0 Å². The number of ether oxygens (including phenoxy) is 1. The first-order valence-electron chi connectivity index (χ1n) is 8.07. The van der Waals surface area contributed by atoms with Gasteiger partial charge in [0.25, 0.3) is 5.91 Å². The standard InChI is InChI=1S/C20H13ClF3NO3/c21-16-7-3-6-15(20(22,23)24)18(16)25-17(26)11-28-19(27)14-9-8-12-4-1-2-5-13(12)10-14/h1-10H,11H2,(H,25,26). The lowest BCUT2D eigenvalue weighted by Gasteiger charge is -2.15. The molecule has 3 aromatic rings. The minimum atomic E-state index is -4.70. The number of hydrogen-bond donors (Lipinski definition) is 1. The van der Waals surface area contributed by atoms with Gasteiger partial charge in [-0.3, -0.25) is 4.79 Å². The second kappa shape index (κ2) is 7.90. The van der Waals surface area contributed by atoms with Crippen molar-refractivity contribution < 1.29 is 27.5 Å². The first kappa shape index (κ1) is 19.7. The van der Waals surface area contributed by atoms with Crippen LogP contribution in [0.2, 0.25) is 5.02 Å². The average molecular weight is 408 g/mol. The van der Waals surface area contributed by atoms with Crippen LogP contribution in [-0.4, -0.2) is 18.5 Å². The number of halogens is 4. The first-order valence-corrected chi connectivity index (χ1v) is 8.45. The van der Waals surface area contributed by atoms with Gasteiger partial charge in [-0.1, -0.05) is 48.0 Å². The Labute approximate surface area is 162 Å². The molecule has 144 valence electrons. The van der Waals surface area contributed by atoms with E-state index >= 15 is 0 Å². The molecule has 3 aromatic carbocycles. The minimum absolute atomic E-state index is 0.222. The number of fused-ring (bicyclic) bond motifs is 1. The Bertz CT molecular complexity index is 1050. The zero-order valence-corrected chi connectivity index (χ0v) is 15.0. The van der Waals surface area contributed by atoms with Gasteiger partial charge in [-0.05, 0) is 35.0 Å². The van der Waals surface area contributed by atoms with Gasteiger partial charge in [0.1, 0.15) is 0 Å². The van der Waals surface area contributed by atoms with E-state index in [9.17, 15) is 22.8 Å². The van der Waals surface area contributed by atoms with Crippen LogP contribution < -0.4 is 5.32 Å². The molecule has 1 amide bonds. The fourth-order valence-electron chi connectivity index (χ4n) is 2.59. The molecule has 0 aliphatic rings. The van der Waals surface area contributed by atoms with Crippen LogP contribution >= 0.6 is 11.6 Å². The molecule has 0 aliphatic heterocycles. The predicted molar refractivity (Wildman–Crippen MR) is 99.3 cm³/mol. The molecule has 0 unspecified atom stereocenters. The smallest absolute Gasteiger partial charge is 0.418 e. The molecular formula is C20H13ClF3NO3. The molecule has 0 atom stereocenters. The maximum Gasteiger partial charge on any atom is 0.418 e. The number of anilines is 1. The number of hydrogen-bond acceptors (Lipinski definition) is 3. The summed E-state index contributed by atoms with van der Waals surface area (Å²) in [5.74, 6) is -1.70. The molecule has 0 spiro atoms. The van der Waals surface area contributed by atoms with Crippen LogP contribution in [-0.2, 0) is 15.7 Å². The van der Waals surface area contributed by atoms with Crippen LogP contribution in [0.3, 0.4) is 0 Å². The van der Waals surface area contributed by atoms with E-state index in [4.69, 9.17) is 16.3 Å². The van der Waals surface area contributed by atoms with Crippen molar-refractivity contribution in [3.63, 3.8) is 0 Å². The van der Waals surface area contributed by atoms with Gasteiger partial charge >= 0.3 is 12.1 Å². The molecule has 3 rings (SSSR count). The predicted octanol–water partition coefficient (Wildman–Crippen LogP) is 5.31. The fraction of sp³-hybridized carbons (Fsp3) is 0.100. The number of amides is 1. The largest absolute Gasteiger partial charge is 0.452 e. The molecule has 4 nitrogen and oxygen atoms in total. The number of para-hydroxylation sites is 1. The molecule has 0 saturated carbocycles. The summed E-state index contributed by atoms with van der Waals surface area (Å²) < 4.78 is 44.0. The molecule has 0 fully saturated rings.